The highest BCUT2D eigenvalue weighted by Gasteiger charge is 2.41. The van der Waals surface area contributed by atoms with Crippen molar-refractivity contribution in [2.24, 2.45) is 5.92 Å². The summed E-state index contributed by atoms with van der Waals surface area (Å²) in [5.74, 6) is -0.158. The molecule has 0 radical (unpaired) electrons. The van der Waals surface area contributed by atoms with Crippen LogP contribution >= 0.6 is 0 Å². The van der Waals surface area contributed by atoms with E-state index in [9.17, 15) is 9.59 Å². The third kappa shape index (κ3) is 3.07. The largest absolute Gasteiger partial charge is 0.341 e. The van der Waals surface area contributed by atoms with E-state index in [4.69, 9.17) is 0 Å². The second kappa shape index (κ2) is 6.41. The number of para-hydroxylation sites is 1. The maximum atomic E-state index is 12.6. The number of nitrogens with one attached hydrogen (secondary N) is 1. The first kappa shape index (κ1) is 16.4. The van der Waals surface area contributed by atoms with Gasteiger partial charge in [0, 0.05) is 42.6 Å². The van der Waals surface area contributed by atoms with Gasteiger partial charge in [-0.3, -0.25) is 9.59 Å². The van der Waals surface area contributed by atoms with Crippen LogP contribution in [0.3, 0.4) is 0 Å². The third-order valence-electron chi connectivity index (χ3n) is 5.85. The van der Waals surface area contributed by atoms with Crippen LogP contribution in [0.5, 0.6) is 0 Å². The summed E-state index contributed by atoms with van der Waals surface area (Å²) in [7, 11) is 0. The fourth-order valence-corrected chi connectivity index (χ4v) is 4.22. The predicted molar refractivity (Wildman–Crippen MR) is 105 cm³/mol. The van der Waals surface area contributed by atoms with Crippen molar-refractivity contribution >= 4 is 28.9 Å². The van der Waals surface area contributed by atoms with Gasteiger partial charge in [0.05, 0.1) is 5.92 Å². The summed E-state index contributed by atoms with van der Waals surface area (Å²) in [5.41, 5.74) is 4.56. The second-order valence-electron chi connectivity index (χ2n) is 7.74. The number of carbonyl (C=O) groups excluding carboxylic acids is 2. The summed E-state index contributed by atoms with van der Waals surface area (Å²) in [6.07, 6.45) is 3.56. The van der Waals surface area contributed by atoms with Gasteiger partial charge in [-0.25, -0.2) is 0 Å². The lowest BCUT2D eigenvalue weighted by Crippen LogP contribution is -2.29. The molecular weight excluding hydrogens is 338 g/mol. The van der Waals surface area contributed by atoms with Crippen LogP contribution < -0.4 is 10.2 Å². The predicted octanol–water partition coefficient (Wildman–Crippen LogP) is 3.33. The normalized spacial score (nSPS) is 21.5. The van der Waals surface area contributed by atoms with Gasteiger partial charge in [-0.1, -0.05) is 18.2 Å². The Bertz CT molecular complexity index is 889. The summed E-state index contributed by atoms with van der Waals surface area (Å²) < 4.78 is 0. The van der Waals surface area contributed by atoms with E-state index >= 15 is 0 Å². The molecule has 2 heterocycles. The molecule has 27 heavy (non-hydrogen) atoms. The van der Waals surface area contributed by atoms with Gasteiger partial charge in [0.15, 0.2) is 0 Å². The number of hydrogen-bond donors (Lipinski definition) is 1. The first-order chi connectivity index (χ1) is 13.2. The summed E-state index contributed by atoms with van der Waals surface area (Å²) in [4.78, 5) is 28.8. The molecule has 2 fully saturated rings. The zero-order chi connectivity index (χ0) is 18.4. The minimum absolute atomic E-state index is 0.0502. The smallest absolute Gasteiger partial charge is 0.229 e. The monoisotopic (exact) mass is 361 g/mol. The molecule has 1 aliphatic carbocycles. The molecule has 1 unspecified atom stereocenters. The van der Waals surface area contributed by atoms with Gasteiger partial charge in [0.2, 0.25) is 11.8 Å². The Morgan fingerprint density at radius 3 is 2.59 bits per heavy atom. The van der Waals surface area contributed by atoms with Crippen LogP contribution in [0.4, 0.5) is 17.1 Å². The van der Waals surface area contributed by atoms with Gasteiger partial charge in [0.25, 0.3) is 0 Å². The standard InChI is InChI=1S/C22H23N3O2/c26-21-13-16(14-25(21)19-9-10-19)22(27)23-17-5-7-18(8-6-17)24-12-11-15-3-1-2-4-20(15)24/h1-8,16,19H,9-14H2,(H,23,27). The molecule has 5 heteroatoms. The highest BCUT2D eigenvalue weighted by atomic mass is 16.2. The highest BCUT2D eigenvalue weighted by Crippen LogP contribution is 2.35. The average Bonchev–Trinajstić information content (AvgIpc) is 3.31. The molecule has 138 valence electrons. The molecule has 1 saturated carbocycles. The molecule has 0 aromatic heterocycles. The number of carbonyl (C=O) groups is 2. The summed E-state index contributed by atoms with van der Waals surface area (Å²) in [6.45, 7) is 1.55. The molecule has 3 aliphatic rings. The van der Waals surface area contributed by atoms with Crippen LogP contribution in [0.25, 0.3) is 0 Å². The van der Waals surface area contributed by atoms with E-state index in [-0.39, 0.29) is 17.7 Å². The average molecular weight is 361 g/mol. The number of fused-ring (bicyclic) bond motifs is 1. The molecule has 2 aliphatic heterocycles. The number of likely N-dealkylation sites (tertiary alicyclic amines) is 1. The van der Waals surface area contributed by atoms with Crippen molar-refractivity contribution in [3.8, 4) is 0 Å². The van der Waals surface area contributed by atoms with Crippen molar-refractivity contribution in [1.82, 2.24) is 4.90 Å². The Morgan fingerprint density at radius 2 is 1.81 bits per heavy atom. The first-order valence-corrected chi connectivity index (χ1v) is 9.75. The van der Waals surface area contributed by atoms with Crippen LogP contribution in [0.2, 0.25) is 0 Å². The number of hydrogen-bond acceptors (Lipinski definition) is 3. The lowest BCUT2D eigenvalue weighted by atomic mass is 10.1. The van der Waals surface area contributed by atoms with Gasteiger partial charge in [-0.05, 0) is 55.2 Å². The molecule has 2 aromatic carbocycles. The number of amides is 2. The van der Waals surface area contributed by atoms with Crippen molar-refractivity contribution in [2.45, 2.75) is 31.7 Å². The van der Waals surface area contributed by atoms with Crippen LogP contribution in [-0.2, 0) is 16.0 Å². The molecule has 2 aromatic rings. The second-order valence-corrected chi connectivity index (χ2v) is 7.74. The Hall–Kier alpha value is -2.82. The molecule has 1 saturated heterocycles. The molecule has 2 amide bonds. The van der Waals surface area contributed by atoms with Gasteiger partial charge < -0.3 is 15.1 Å². The SMILES string of the molecule is O=C(Nc1ccc(N2CCc3ccccc32)cc1)C1CC(=O)N(C2CC2)C1. The maximum absolute atomic E-state index is 12.6. The molecule has 1 atom stereocenters. The third-order valence-corrected chi connectivity index (χ3v) is 5.85. The van der Waals surface area contributed by atoms with Crippen molar-refractivity contribution in [1.29, 1.82) is 0 Å². The Kier molecular flexibility index (Phi) is 3.88. The van der Waals surface area contributed by atoms with Gasteiger partial charge in [0.1, 0.15) is 0 Å². The number of nitrogens with zero attached hydrogens (tertiary/aromatic N) is 2. The minimum atomic E-state index is -0.233. The van der Waals surface area contributed by atoms with Crippen LogP contribution in [0, 0.1) is 5.92 Å². The van der Waals surface area contributed by atoms with Crippen molar-refractivity contribution in [3.05, 3.63) is 54.1 Å². The summed E-state index contributed by atoms with van der Waals surface area (Å²) >= 11 is 0. The Balaban J connectivity index is 1.25. The summed E-state index contributed by atoms with van der Waals surface area (Å²) in [5, 5.41) is 2.98. The maximum Gasteiger partial charge on any atom is 0.229 e. The van der Waals surface area contributed by atoms with Crippen molar-refractivity contribution < 1.29 is 9.59 Å². The number of anilines is 3. The molecular formula is C22H23N3O2. The van der Waals surface area contributed by atoms with E-state index in [1.54, 1.807) is 0 Å². The van der Waals surface area contributed by atoms with Gasteiger partial charge in [-0.15, -0.1) is 0 Å². The van der Waals surface area contributed by atoms with E-state index in [2.05, 4.69) is 34.5 Å². The van der Waals surface area contributed by atoms with E-state index in [1.807, 2.05) is 29.2 Å². The minimum Gasteiger partial charge on any atom is -0.341 e. The van der Waals surface area contributed by atoms with E-state index in [1.165, 1.54) is 11.3 Å². The molecule has 5 rings (SSSR count). The molecule has 1 N–H and O–H groups in total. The fourth-order valence-electron chi connectivity index (χ4n) is 4.22. The highest BCUT2D eigenvalue weighted by molar-refractivity contribution is 5.97. The van der Waals surface area contributed by atoms with E-state index in [0.29, 0.717) is 19.0 Å². The topological polar surface area (TPSA) is 52.7 Å². The number of benzene rings is 2. The van der Waals surface area contributed by atoms with Crippen LogP contribution in [0.15, 0.2) is 48.5 Å². The van der Waals surface area contributed by atoms with Crippen LogP contribution in [0.1, 0.15) is 24.8 Å². The van der Waals surface area contributed by atoms with E-state index in [0.717, 1.165) is 37.2 Å². The summed E-state index contributed by atoms with van der Waals surface area (Å²) in [6, 6.07) is 16.9. The lowest BCUT2D eigenvalue weighted by Gasteiger charge is -2.20. The lowest BCUT2D eigenvalue weighted by molar-refractivity contribution is -0.128. The Labute approximate surface area is 159 Å². The molecule has 0 spiro atoms. The van der Waals surface area contributed by atoms with Crippen LogP contribution in [-0.4, -0.2) is 35.8 Å². The number of rotatable bonds is 4. The quantitative estimate of drug-likeness (QED) is 0.909. The molecule has 0 bridgehead atoms. The first-order valence-electron chi connectivity index (χ1n) is 9.75. The van der Waals surface area contributed by atoms with Crippen molar-refractivity contribution in [3.63, 3.8) is 0 Å². The fraction of sp³-hybridized carbons (Fsp3) is 0.364. The molecule has 5 nitrogen and oxygen atoms in total. The zero-order valence-corrected chi connectivity index (χ0v) is 15.2. The van der Waals surface area contributed by atoms with Gasteiger partial charge in [-0.2, -0.15) is 0 Å². The van der Waals surface area contributed by atoms with Gasteiger partial charge >= 0.3 is 0 Å². The zero-order valence-electron chi connectivity index (χ0n) is 15.2. The van der Waals surface area contributed by atoms with Crippen molar-refractivity contribution in [2.75, 3.05) is 23.3 Å². The van der Waals surface area contributed by atoms with E-state index < -0.39 is 0 Å². The Morgan fingerprint density at radius 1 is 1.04 bits per heavy atom.